The number of carbonyl (C=O) groups excluding carboxylic acids is 1. The predicted octanol–water partition coefficient (Wildman–Crippen LogP) is 6.92. The molecule has 0 N–H and O–H groups in total. The monoisotopic (exact) mass is 508 g/mol. The van der Waals surface area contributed by atoms with Gasteiger partial charge in [-0.1, -0.05) is 42.5 Å². The highest BCUT2D eigenvalue weighted by molar-refractivity contribution is 8.18. The molecule has 1 atom stereocenters. The fraction of sp³-hybridized carbons (Fsp3) is 0.214. The fourth-order valence-corrected chi connectivity index (χ4v) is 4.86. The highest BCUT2D eigenvalue weighted by atomic mass is 32.2. The van der Waals surface area contributed by atoms with Gasteiger partial charge in [0.25, 0.3) is 5.91 Å². The Labute approximate surface area is 213 Å². The number of hydrogen-bond donors (Lipinski definition) is 0. The second-order valence-corrected chi connectivity index (χ2v) is 9.21. The van der Waals surface area contributed by atoms with Crippen molar-refractivity contribution >= 4 is 34.6 Å². The SMILES string of the molecule is COc1ccc(N=C2S/C(=C\c3ccc(OC(F)F)cc3)C(=O)N2C(C)CCc2ccccc2)cc1. The van der Waals surface area contributed by atoms with Gasteiger partial charge in [0, 0.05) is 6.04 Å². The van der Waals surface area contributed by atoms with E-state index in [4.69, 9.17) is 9.73 Å². The summed E-state index contributed by atoms with van der Waals surface area (Å²) in [6, 6.07) is 23.6. The fourth-order valence-electron chi connectivity index (χ4n) is 3.77. The summed E-state index contributed by atoms with van der Waals surface area (Å²) in [6.45, 7) is -0.867. The van der Waals surface area contributed by atoms with Crippen molar-refractivity contribution in [1.82, 2.24) is 4.90 Å². The zero-order valence-corrected chi connectivity index (χ0v) is 20.8. The maximum absolute atomic E-state index is 13.5. The van der Waals surface area contributed by atoms with Crippen molar-refractivity contribution in [1.29, 1.82) is 0 Å². The van der Waals surface area contributed by atoms with E-state index in [1.165, 1.54) is 29.5 Å². The van der Waals surface area contributed by atoms with Crippen molar-refractivity contribution in [3.63, 3.8) is 0 Å². The van der Waals surface area contributed by atoms with Gasteiger partial charge in [0.1, 0.15) is 11.5 Å². The average Bonchev–Trinajstić information content (AvgIpc) is 3.18. The van der Waals surface area contributed by atoms with Gasteiger partial charge in [0.15, 0.2) is 5.17 Å². The van der Waals surface area contributed by atoms with Gasteiger partial charge in [-0.15, -0.1) is 0 Å². The van der Waals surface area contributed by atoms with Gasteiger partial charge in [-0.3, -0.25) is 9.69 Å². The number of hydrogen-bond acceptors (Lipinski definition) is 5. The highest BCUT2D eigenvalue weighted by Gasteiger charge is 2.36. The molecule has 1 fully saturated rings. The standard InChI is InChI=1S/C28H26F2N2O3S/c1-19(8-9-20-6-4-3-5-7-20)32-26(33)25(18-21-10-14-24(15-11-21)35-27(29)30)36-28(32)31-22-12-16-23(34-2)17-13-22/h3-7,10-19,27H,8-9H2,1-2H3/b25-18-,31-28?. The Bertz CT molecular complexity index is 1230. The first kappa shape index (κ1) is 25.4. The second kappa shape index (κ2) is 11.9. The average molecular weight is 509 g/mol. The normalized spacial score (nSPS) is 16.7. The van der Waals surface area contributed by atoms with Crippen molar-refractivity contribution in [2.75, 3.05) is 7.11 Å². The number of aliphatic imine (C=N–C) groups is 1. The number of methoxy groups -OCH3 is 1. The summed E-state index contributed by atoms with van der Waals surface area (Å²) in [5.41, 5.74) is 2.62. The topological polar surface area (TPSA) is 51.1 Å². The van der Waals surface area contributed by atoms with E-state index in [-0.39, 0.29) is 17.7 Å². The van der Waals surface area contributed by atoms with Gasteiger partial charge in [-0.25, -0.2) is 4.99 Å². The molecule has 3 aromatic rings. The molecule has 1 unspecified atom stereocenters. The summed E-state index contributed by atoms with van der Waals surface area (Å²) in [7, 11) is 1.60. The van der Waals surface area contributed by atoms with Crippen LogP contribution in [0.4, 0.5) is 14.5 Å². The highest BCUT2D eigenvalue weighted by Crippen LogP contribution is 2.36. The summed E-state index contributed by atoms with van der Waals surface area (Å²) < 4.78 is 34.5. The number of amidine groups is 1. The molecular weight excluding hydrogens is 482 g/mol. The number of thioether (sulfide) groups is 1. The van der Waals surface area contributed by atoms with Crippen LogP contribution in [0.3, 0.4) is 0 Å². The lowest BCUT2D eigenvalue weighted by molar-refractivity contribution is -0.123. The van der Waals surface area contributed by atoms with Crippen LogP contribution in [0.25, 0.3) is 6.08 Å². The molecule has 1 heterocycles. The van der Waals surface area contributed by atoms with E-state index < -0.39 is 6.61 Å². The summed E-state index contributed by atoms with van der Waals surface area (Å²) in [6.07, 6.45) is 3.34. The maximum atomic E-state index is 13.5. The van der Waals surface area contributed by atoms with E-state index in [0.717, 1.165) is 18.6 Å². The van der Waals surface area contributed by atoms with Crippen LogP contribution in [0.5, 0.6) is 11.5 Å². The molecular formula is C28H26F2N2O3S. The molecule has 1 amide bonds. The Morgan fingerprint density at radius 3 is 2.28 bits per heavy atom. The number of halogens is 2. The van der Waals surface area contributed by atoms with Gasteiger partial charge in [0.2, 0.25) is 0 Å². The molecule has 1 aliphatic rings. The molecule has 4 rings (SSSR count). The van der Waals surface area contributed by atoms with Crippen LogP contribution in [0, 0.1) is 0 Å². The molecule has 186 valence electrons. The number of benzene rings is 3. The zero-order chi connectivity index (χ0) is 25.5. The Balaban J connectivity index is 1.59. The number of aryl methyl sites for hydroxylation is 1. The lowest BCUT2D eigenvalue weighted by atomic mass is 10.1. The van der Waals surface area contributed by atoms with E-state index in [1.54, 1.807) is 30.2 Å². The third kappa shape index (κ3) is 6.51. The Kier molecular flexibility index (Phi) is 8.38. The molecule has 36 heavy (non-hydrogen) atoms. The largest absolute Gasteiger partial charge is 0.497 e. The Morgan fingerprint density at radius 2 is 1.64 bits per heavy atom. The third-order valence-electron chi connectivity index (χ3n) is 5.67. The number of ether oxygens (including phenoxy) is 2. The van der Waals surface area contributed by atoms with Crippen molar-refractivity contribution in [3.8, 4) is 11.5 Å². The molecule has 0 spiro atoms. The minimum atomic E-state index is -2.89. The Morgan fingerprint density at radius 1 is 0.972 bits per heavy atom. The quantitative estimate of drug-likeness (QED) is 0.294. The molecule has 5 nitrogen and oxygen atoms in total. The number of carbonyl (C=O) groups is 1. The molecule has 3 aromatic carbocycles. The van der Waals surface area contributed by atoms with Crippen LogP contribution in [0.2, 0.25) is 0 Å². The molecule has 0 aromatic heterocycles. The third-order valence-corrected chi connectivity index (χ3v) is 6.65. The smallest absolute Gasteiger partial charge is 0.387 e. The Hall–Kier alpha value is -3.65. The lowest BCUT2D eigenvalue weighted by Gasteiger charge is -2.24. The van der Waals surface area contributed by atoms with Crippen LogP contribution in [0.15, 0.2) is 88.8 Å². The van der Waals surface area contributed by atoms with Crippen LogP contribution >= 0.6 is 11.8 Å². The van der Waals surface area contributed by atoms with Crippen molar-refractivity contribution in [3.05, 3.63) is 94.9 Å². The van der Waals surface area contributed by atoms with Crippen molar-refractivity contribution in [2.24, 2.45) is 4.99 Å². The lowest BCUT2D eigenvalue weighted by Crippen LogP contribution is -2.37. The molecule has 0 radical (unpaired) electrons. The van der Waals surface area contributed by atoms with E-state index in [9.17, 15) is 13.6 Å². The van der Waals surface area contributed by atoms with Gasteiger partial charge >= 0.3 is 6.61 Å². The minimum absolute atomic E-state index is 0.0652. The number of alkyl halides is 2. The number of nitrogens with zero attached hydrogens (tertiary/aromatic N) is 2. The van der Waals surface area contributed by atoms with Crippen LogP contribution in [-0.4, -0.2) is 35.7 Å². The van der Waals surface area contributed by atoms with Crippen molar-refractivity contribution in [2.45, 2.75) is 32.4 Å². The van der Waals surface area contributed by atoms with Crippen LogP contribution < -0.4 is 9.47 Å². The zero-order valence-electron chi connectivity index (χ0n) is 19.9. The molecule has 1 aliphatic heterocycles. The van der Waals surface area contributed by atoms with Crippen molar-refractivity contribution < 1.29 is 23.0 Å². The first-order valence-corrected chi connectivity index (χ1v) is 12.3. The molecule has 8 heteroatoms. The summed E-state index contributed by atoms with van der Waals surface area (Å²) in [4.78, 5) is 20.5. The first-order valence-electron chi connectivity index (χ1n) is 11.5. The molecule has 0 aliphatic carbocycles. The molecule has 0 bridgehead atoms. The predicted molar refractivity (Wildman–Crippen MR) is 140 cm³/mol. The molecule has 0 saturated carbocycles. The van der Waals surface area contributed by atoms with Crippen LogP contribution in [-0.2, 0) is 11.2 Å². The van der Waals surface area contributed by atoms with E-state index in [1.807, 2.05) is 49.4 Å². The van der Waals surface area contributed by atoms with E-state index >= 15 is 0 Å². The summed E-state index contributed by atoms with van der Waals surface area (Å²) in [5, 5.41) is 0.592. The molecule has 1 saturated heterocycles. The van der Waals surface area contributed by atoms with Gasteiger partial charge in [0.05, 0.1) is 17.7 Å². The second-order valence-electron chi connectivity index (χ2n) is 8.20. The van der Waals surface area contributed by atoms with E-state index in [0.29, 0.717) is 21.3 Å². The summed E-state index contributed by atoms with van der Waals surface area (Å²) >= 11 is 1.30. The van der Waals surface area contributed by atoms with E-state index in [2.05, 4.69) is 16.9 Å². The van der Waals surface area contributed by atoms with Gasteiger partial charge < -0.3 is 9.47 Å². The summed E-state index contributed by atoms with van der Waals surface area (Å²) in [5.74, 6) is 0.651. The van der Waals surface area contributed by atoms with Gasteiger partial charge in [-0.2, -0.15) is 8.78 Å². The first-order chi connectivity index (χ1) is 17.4. The minimum Gasteiger partial charge on any atom is -0.497 e. The number of rotatable bonds is 9. The van der Waals surface area contributed by atoms with Gasteiger partial charge in [-0.05, 0) is 85.1 Å². The maximum Gasteiger partial charge on any atom is 0.387 e. The van der Waals surface area contributed by atoms with Crippen LogP contribution in [0.1, 0.15) is 24.5 Å². The number of amides is 1.